The highest BCUT2D eigenvalue weighted by molar-refractivity contribution is 9.10. The Kier molecular flexibility index (Phi) is 3.66. The van der Waals surface area contributed by atoms with E-state index in [1.165, 1.54) is 0 Å². The van der Waals surface area contributed by atoms with Crippen LogP contribution in [0.1, 0.15) is 0 Å². The van der Waals surface area contributed by atoms with E-state index in [-0.39, 0.29) is 0 Å². The van der Waals surface area contributed by atoms with Crippen molar-refractivity contribution in [2.75, 3.05) is 19.0 Å². The SMILES string of the molecule is CN(C)c1ncc(-c2cc(-c3ccnc(Br)c3)[nH]n2)cn1. The maximum Gasteiger partial charge on any atom is 0.224 e. The third kappa shape index (κ3) is 2.92. The molecule has 3 rings (SSSR count). The molecule has 106 valence electrons. The summed E-state index contributed by atoms with van der Waals surface area (Å²) < 4.78 is 0.787. The quantitative estimate of drug-likeness (QED) is 0.739. The summed E-state index contributed by atoms with van der Waals surface area (Å²) in [5.41, 5.74) is 3.62. The standard InChI is InChI=1S/C14H13BrN6/c1-21(2)14-17-7-10(8-18-14)12-6-11(19-20-12)9-3-4-16-13(15)5-9/h3-8H,1-2H3,(H,19,20). The molecule has 0 bridgehead atoms. The molecule has 3 aromatic heterocycles. The number of hydrogen-bond acceptors (Lipinski definition) is 5. The summed E-state index contributed by atoms with van der Waals surface area (Å²) in [5.74, 6) is 0.674. The van der Waals surface area contributed by atoms with E-state index in [0.29, 0.717) is 5.95 Å². The van der Waals surface area contributed by atoms with Gasteiger partial charge in [0.05, 0.1) is 11.4 Å². The van der Waals surface area contributed by atoms with Gasteiger partial charge in [-0.1, -0.05) is 0 Å². The number of aromatic amines is 1. The highest BCUT2D eigenvalue weighted by Crippen LogP contribution is 2.24. The Morgan fingerprint density at radius 3 is 2.48 bits per heavy atom. The van der Waals surface area contributed by atoms with Gasteiger partial charge in [-0.25, -0.2) is 15.0 Å². The molecule has 1 N–H and O–H groups in total. The Hall–Kier alpha value is -2.28. The second-order valence-electron chi connectivity index (χ2n) is 4.70. The first kappa shape index (κ1) is 13.7. The van der Waals surface area contributed by atoms with Crippen LogP contribution in [0.15, 0.2) is 41.4 Å². The summed E-state index contributed by atoms with van der Waals surface area (Å²) in [6.07, 6.45) is 5.28. The molecule has 0 aromatic carbocycles. The largest absolute Gasteiger partial charge is 0.347 e. The van der Waals surface area contributed by atoms with Crippen LogP contribution in [0.4, 0.5) is 5.95 Å². The number of anilines is 1. The fraction of sp³-hybridized carbons (Fsp3) is 0.143. The van der Waals surface area contributed by atoms with Crippen molar-refractivity contribution in [1.82, 2.24) is 25.1 Å². The lowest BCUT2D eigenvalue weighted by molar-refractivity contribution is 0.996. The molecule has 0 saturated carbocycles. The van der Waals surface area contributed by atoms with Gasteiger partial charge in [-0.15, -0.1) is 0 Å². The second-order valence-corrected chi connectivity index (χ2v) is 5.51. The first-order valence-corrected chi connectivity index (χ1v) is 7.10. The Morgan fingerprint density at radius 2 is 1.81 bits per heavy atom. The normalized spacial score (nSPS) is 10.6. The van der Waals surface area contributed by atoms with E-state index in [1.54, 1.807) is 18.6 Å². The van der Waals surface area contributed by atoms with E-state index < -0.39 is 0 Å². The van der Waals surface area contributed by atoms with Crippen molar-refractivity contribution in [3.63, 3.8) is 0 Å². The van der Waals surface area contributed by atoms with Crippen molar-refractivity contribution in [3.05, 3.63) is 41.4 Å². The van der Waals surface area contributed by atoms with E-state index >= 15 is 0 Å². The van der Waals surface area contributed by atoms with E-state index in [1.807, 2.05) is 37.2 Å². The van der Waals surface area contributed by atoms with Gasteiger partial charge in [-0.3, -0.25) is 5.10 Å². The molecule has 7 heteroatoms. The lowest BCUT2D eigenvalue weighted by Gasteiger charge is -2.08. The van der Waals surface area contributed by atoms with Crippen molar-refractivity contribution in [2.24, 2.45) is 0 Å². The summed E-state index contributed by atoms with van der Waals surface area (Å²) in [5, 5.41) is 7.33. The third-order valence-electron chi connectivity index (χ3n) is 2.95. The highest BCUT2D eigenvalue weighted by Gasteiger charge is 2.08. The molecular weight excluding hydrogens is 332 g/mol. The van der Waals surface area contributed by atoms with Gasteiger partial charge in [0.1, 0.15) is 4.60 Å². The fourth-order valence-electron chi connectivity index (χ4n) is 1.87. The minimum Gasteiger partial charge on any atom is -0.347 e. The number of pyridine rings is 1. The van der Waals surface area contributed by atoms with Gasteiger partial charge in [-0.2, -0.15) is 5.10 Å². The minimum atomic E-state index is 0.674. The van der Waals surface area contributed by atoms with Crippen LogP contribution in [0.25, 0.3) is 22.5 Å². The number of hydrogen-bond donors (Lipinski definition) is 1. The van der Waals surface area contributed by atoms with Crippen LogP contribution in [-0.4, -0.2) is 39.2 Å². The molecule has 0 aliphatic carbocycles. The Labute approximate surface area is 130 Å². The third-order valence-corrected chi connectivity index (χ3v) is 3.38. The number of rotatable bonds is 3. The topological polar surface area (TPSA) is 70.6 Å². The highest BCUT2D eigenvalue weighted by atomic mass is 79.9. The maximum absolute atomic E-state index is 4.31. The van der Waals surface area contributed by atoms with Crippen molar-refractivity contribution in [1.29, 1.82) is 0 Å². The van der Waals surface area contributed by atoms with Crippen LogP contribution in [0, 0.1) is 0 Å². The summed E-state index contributed by atoms with van der Waals surface area (Å²) in [4.78, 5) is 14.6. The molecule has 0 fully saturated rings. The first-order valence-electron chi connectivity index (χ1n) is 6.30. The summed E-state index contributed by atoms with van der Waals surface area (Å²) in [6.45, 7) is 0. The zero-order valence-corrected chi connectivity index (χ0v) is 13.2. The number of nitrogens with zero attached hydrogens (tertiary/aromatic N) is 5. The van der Waals surface area contributed by atoms with Crippen molar-refractivity contribution in [2.45, 2.75) is 0 Å². The Balaban J connectivity index is 1.91. The molecule has 0 aliphatic heterocycles. The lowest BCUT2D eigenvalue weighted by atomic mass is 10.1. The van der Waals surface area contributed by atoms with Crippen LogP contribution in [0.3, 0.4) is 0 Å². The Morgan fingerprint density at radius 1 is 1.05 bits per heavy atom. The molecule has 3 aromatic rings. The smallest absolute Gasteiger partial charge is 0.224 e. The van der Waals surface area contributed by atoms with Crippen molar-refractivity contribution < 1.29 is 0 Å². The molecule has 0 aliphatic rings. The summed E-state index contributed by atoms with van der Waals surface area (Å²) in [7, 11) is 3.81. The van der Waals surface area contributed by atoms with Gasteiger partial charge in [-0.05, 0) is 34.1 Å². The molecule has 0 atom stereocenters. The van der Waals surface area contributed by atoms with Gasteiger partial charge >= 0.3 is 0 Å². The zero-order valence-electron chi connectivity index (χ0n) is 11.6. The van der Waals surface area contributed by atoms with Gasteiger partial charge < -0.3 is 4.90 Å². The van der Waals surface area contributed by atoms with Gasteiger partial charge in [0, 0.05) is 43.8 Å². The maximum atomic E-state index is 4.31. The zero-order chi connectivity index (χ0) is 14.8. The molecule has 0 radical (unpaired) electrons. The second kappa shape index (κ2) is 5.61. The average Bonchev–Trinajstić information content (AvgIpc) is 2.97. The number of nitrogens with one attached hydrogen (secondary N) is 1. The van der Waals surface area contributed by atoms with Gasteiger partial charge in [0.25, 0.3) is 0 Å². The molecule has 0 amide bonds. The van der Waals surface area contributed by atoms with Crippen LogP contribution in [-0.2, 0) is 0 Å². The molecular formula is C14H13BrN6. The van der Waals surface area contributed by atoms with Crippen LogP contribution < -0.4 is 4.90 Å². The van der Waals surface area contributed by atoms with E-state index in [2.05, 4.69) is 41.1 Å². The monoisotopic (exact) mass is 344 g/mol. The predicted molar refractivity (Wildman–Crippen MR) is 84.9 cm³/mol. The van der Waals surface area contributed by atoms with Crippen LogP contribution in [0.2, 0.25) is 0 Å². The number of halogens is 1. The minimum absolute atomic E-state index is 0.674. The van der Waals surface area contributed by atoms with E-state index in [9.17, 15) is 0 Å². The predicted octanol–water partition coefficient (Wildman–Crippen LogP) is 2.76. The molecule has 0 unspecified atom stereocenters. The summed E-state index contributed by atoms with van der Waals surface area (Å²) >= 11 is 3.36. The van der Waals surface area contributed by atoms with Crippen molar-refractivity contribution >= 4 is 21.9 Å². The van der Waals surface area contributed by atoms with Crippen molar-refractivity contribution in [3.8, 4) is 22.5 Å². The van der Waals surface area contributed by atoms with Gasteiger partial charge in [0.15, 0.2) is 0 Å². The fourth-order valence-corrected chi connectivity index (χ4v) is 2.24. The number of aromatic nitrogens is 5. The lowest BCUT2D eigenvalue weighted by Crippen LogP contribution is -2.12. The molecule has 6 nitrogen and oxygen atoms in total. The average molecular weight is 345 g/mol. The number of H-pyrrole nitrogens is 1. The van der Waals surface area contributed by atoms with E-state index in [0.717, 1.165) is 27.1 Å². The Bertz CT molecular complexity index is 750. The van der Waals surface area contributed by atoms with Crippen LogP contribution >= 0.6 is 15.9 Å². The summed E-state index contributed by atoms with van der Waals surface area (Å²) in [6, 6.07) is 5.83. The first-order chi connectivity index (χ1) is 10.1. The molecule has 3 heterocycles. The van der Waals surface area contributed by atoms with Gasteiger partial charge in [0.2, 0.25) is 5.95 Å². The van der Waals surface area contributed by atoms with Crippen LogP contribution in [0.5, 0.6) is 0 Å². The molecule has 21 heavy (non-hydrogen) atoms. The molecule has 0 saturated heterocycles. The molecule has 0 spiro atoms. The van der Waals surface area contributed by atoms with E-state index in [4.69, 9.17) is 0 Å².